The van der Waals surface area contributed by atoms with E-state index in [0.717, 1.165) is 12.1 Å². The number of ether oxygens (including phenoxy) is 1. The van der Waals surface area contributed by atoms with Crippen LogP contribution in [0.25, 0.3) is 0 Å². The zero-order valence-electron chi connectivity index (χ0n) is 10.00. The lowest BCUT2D eigenvalue weighted by molar-refractivity contribution is 0.0691. The van der Waals surface area contributed by atoms with E-state index in [1.807, 2.05) is 4.72 Å². The highest BCUT2D eigenvalue weighted by molar-refractivity contribution is 7.89. The molecule has 0 spiro atoms. The first-order valence-electron chi connectivity index (χ1n) is 5.19. The van der Waals surface area contributed by atoms with E-state index in [4.69, 9.17) is 5.11 Å². The van der Waals surface area contributed by atoms with Gasteiger partial charge in [0.05, 0.1) is 10.5 Å². The number of nitrogens with one attached hydrogen (secondary N) is 1. The van der Waals surface area contributed by atoms with Crippen molar-refractivity contribution in [1.29, 1.82) is 0 Å². The topological polar surface area (TPSA) is 136 Å². The smallest absolute Gasteiger partial charge is 0.404 e. The van der Waals surface area contributed by atoms with Gasteiger partial charge < -0.3 is 15.6 Å². The second-order valence-electron chi connectivity index (χ2n) is 3.51. The summed E-state index contributed by atoms with van der Waals surface area (Å²) in [7, 11) is -4.04. The number of nitrogens with two attached hydrogens (primary N) is 1. The molecule has 0 radical (unpaired) electrons. The summed E-state index contributed by atoms with van der Waals surface area (Å²) >= 11 is 0. The van der Waals surface area contributed by atoms with Crippen LogP contribution in [-0.4, -0.2) is 38.7 Å². The molecule has 0 aliphatic heterocycles. The van der Waals surface area contributed by atoms with E-state index in [0.29, 0.717) is 6.07 Å². The van der Waals surface area contributed by atoms with Crippen LogP contribution in [-0.2, 0) is 14.8 Å². The summed E-state index contributed by atoms with van der Waals surface area (Å²) in [6.07, 6.45) is -1.06. The lowest BCUT2D eigenvalue weighted by atomic mass is 10.2. The molecule has 10 heteroatoms. The van der Waals surface area contributed by atoms with Crippen LogP contribution in [0.4, 0.5) is 9.18 Å². The minimum absolute atomic E-state index is 0.259. The first-order valence-corrected chi connectivity index (χ1v) is 6.67. The van der Waals surface area contributed by atoms with Gasteiger partial charge in [-0.2, -0.15) is 0 Å². The van der Waals surface area contributed by atoms with Crippen LogP contribution in [0, 0.1) is 5.82 Å². The fourth-order valence-corrected chi connectivity index (χ4v) is 2.29. The Morgan fingerprint density at radius 3 is 2.60 bits per heavy atom. The van der Waals surface area contributed by atoms with Crippen LogP contribution >= 0.6 is 0 Å². The Kier molecular flexibility index (Phi) is 5.00. The molecule has 1 amide bonds. The predicted molar refractivity (Wildman–Crippen MR) is 64.1 cm³/mol. The fourth-order valence-electron chi connectivity index (χ4n) is 1.25. The van der Waals surface area contributed by atoms with Crippen molar-refractivity contribution in [1.82, 2.24) is 4.72 Å². The van der Waals surface area contributed by atoms with Crippen LogP contribution in [0.5, 0.6) is 0 Å². The first kappa shape index (κ1) is 15.9. The summed E-state index contributed by atoms with van der Waals surface area (Å²) < 4.78 is 43.0. The SMILES string of the molecule is NC(=O)OCCNS(=O)(=O)c1ccc(F)c(C(=O)O)c1. The molecule has 0 aromatic heterocycles. The van der Waals surface area contributed by atoms with Crippen molar-refractivity contribution < 1.29 is 32.2 Å². The van der Waals surface area contributed by atoms with Gasteiger partial charge in [-0.3, -0.25) is 0 Å². The summed E-state index contributed by atoms with van der Waals surface area (Å²) in [5.41, 5.74) is 3.92. The highest BCUT2D eigenvalue weighted by Crippen LogP contribution is 2.15. The van der Waals surface area contributed by atoms with E-state index in [9.17, 15) is 22.4 Å². The Balaban J connectivity index is 2.85. The average Bonchev–Trinajstić information content (AvgIpc) is 2.34. The van der Waals surface area contributed by atoms with Crippen LogP contribution in [0.3, 0.4) is 0 Å². The molecule has 110 valence electrons. The molecule has 0 saturated heterocycles. The number of rotatable bonds is 6. The van der Waals surface area contributed by atoms with Gasteiger partial charge in [0.15, 0.2) is 0 Å². The Labute approximate surface area is 113 Å². The Hall–Kier alpha value is -2.20. The molecule has 0 saturated carbocycles. The van der Waals surface area contributed by atoms with E-state index >= 15 is 0 Å². The quantitative estimate of drug-likeness (QED) is 0.628. The van der Waals surface area contributed by atoms with Crippen LogP contribution in [0.1, 0.15) is 10.4 Å². The third kappa shape index (κ3) is 4.17. The van der Waals surface area contributed by atoms with Crippen LogP contribution in [0.15, 0.2) is 23.1 Å². The number of aromatic carboxylic acids is 1. The number of carbonyl (C=O) groups is 2. The van der Waals surface area contributed by atoms with Gasteiger partial charge in [-0.1, -0.05) is 0 Å². The second-order valence-corrected chi connectivity index (χ2v) is 5.28. The number of hydrogen-bond donors (Lipinski definition) is 3. The number of carbonyl (C=O) groups excluding carboxylic acids is 1. The minimum Gasteiger partial charge on any atom is -0.478 e. The Morgan fingerprint density at radius 1 is 1.40 bits per heavy atom. The first-order chi connectivity index (χ1) is 9.24. The van der Waals surface area contributed by atoms with Crippen molar-refractivity contribution in [3.8, 4) is 0 Å². The normalized spacial score (nSPS) is 11.1. The summed E-state index contributed by atoms with van der Waals surface area (Å²) in [4.78, 5) is 20.6. The molecule has 0 fully saturated rings. The van der Waals surface area contributed by atoms with Crippen molar-refractivity contribution in [2.24, 2.45) is 5.73 Å². The molecule has 0 bridgehead atoms. The summed E-state index contributed by atoms with van der Waals surface area (Å²) in [6.45, 7) is -0.549. The standard InChI is InChI=1S/C10H11FN2O6S/c11-8-2-1-6(5-7(8)9(14)15)20(17,18)13-3-4-19-10(12)16/h1-2,5,13H,3-4H2,(H2,12,16)(H,14,15). The highest BCUT2D eigenvalue weighted by Gasteiger charge is 2.18. The minimum atomic E-state index is -4.04. The molecular formula is C10H11FN2O6S. The van der Waals surface area contributed by atoms with Gasteiger partial charge in [-0.05, 0) is 18.2 Å². The maximum atomic E-state index is 13.1. The molecule has 4 N–H and O–H groups in total. The number of carboxylic acids is 1. The van der Waals surface area contributed by atoms with Gasteiger partial charge in [0, 0.05) is 6.54 Å². The van der Waals surface area contributed by atoms with Gasteiger partial charge in [-0.25, -0.2) is 27.1 Å². The molecule has 1 rings (SSSR count). The zero-order chi connectivity index (χ0) is 15.3. The number of hydrogen-bond acceptors (Lipinski definition) is 5. The van der Waals surface area contributed by atoms with E-state index in [-0.39, 0.29) is 13.2 Å². The van der Waals surface area contributed by atoms with Crippen molar-refractivity contribution in [2.75, 3.05) is 13.2 Å². The fraction of sp³-hybridized carbons (Fsp3) is 0.200. The number of benzene rings is 1. The molecule has 0 aliphatic carbocycles. The molecule has 8 nitrogen and oxygen atoms in total. The summed E-state index contributed by atoms with van der Waals surface area (Å²) in [6, 6.07) is 2.34. The number of carboxylic acid groups (broad SMARTS) is 1. The van der Waals surface area contributed by atoms with Gasteiger partial charge in [0.25, 0.3) is 0 Å². The average molecular weight is 306 g/mol. The van der Waals surface area contributed by atoms with Gasteiger partial charge in [-0.15, -0.1) is 0 Å². The molecule has 0 aliphatic rings. The van der Waals surface area contributed by atoms with Crippen LogP contribution < -0.4 is 10.5 Å². The monoisotopic (exact) mass is 306 g/mol. The lowest BCUT2D eigenvalue weighted by Gasteiger charge is -2.07. The summed E-state index contributed by atoms with van der Waals surface area (Å²) in [5, 5.41) is 8.70. The van der Waals surface area contributed by atoms with E-state index in [1.54, 1.807) is 0 Å². The van der Waals surface area contributed by atoms with Gasteiger partial charge in [0.1, 0.15) is 12.4 Å². The molecule has 1 aromatic rings. The van der Waals surface area contributed by atoms with Gasteiger partial charge in [0.2, 0.25) is 10.0 Å². The van der Waals surface area contributed by atoms with Crippen molar-refractivity contribution in [3.63, 3.8) is 0 Å². The van der Waals surface area contributed by atoms with Crippen molar-refractivity contribution in [3.05, 3.63) is 29.6 Å². The van der Waals surface area contributed by atoms with Gasteiger partial charge >= 0.3 is 12.1 Å². The van der Waals surface area contributed by atoms with Crippen LogP contribution in [0.2, 0.25) is 0 Å². The number of sulfonamides is 1. The van der Waals surface area contributed by atoms with E-state index < -0.39 is 38.4 Å². The molecule has 0 heterocycles. The van der Waals surface area contributed by atoms with Crippen molar-refractivity contribution in [2.45, 2.75) is 4.90 Å². The number of amides is 1. The lowest BCUT2D eigenvalue weighted by Crippen LogP contribution is -2.29. The second kappa shape index (κ2) is 6.30. The summed E-state index contributed by atoms with van der Waals surface area (Å²) in [5.74, 6) is -2.63. The molecule has 0 atom stereocenters. The predicted octanol–water partition coefficient (Wildman–Crippen LogP) is -0.102. The number of primary amides is 1. The van der Waals surface area contributed by atoms with Crippen molar-refractivity contribution >= 4 is 22.1 Å². The third-order valence-electron chi connectivity index (χ3n) is 2.12. The Morgan fingerprint density at radius 2 is 2.05 bits per heavy atom. The van der Waals surface area contributed by atoms with E-state index in [1.165, 1.54) is 0 Å². The molecule has 20 heavy (non-hydrogen) atoms. The third-order valence-corrected chi connectivity index (χ3v) is 3.58. The maximum Gasteiger partial charge on any atom is 0.404 e. The highest BCUT2D eigenvalue weighted by atomic mass is 32.2. The zero-order valence-corrected chi connectivity index (χ0v) is 10.8. The number of halogens is 1. The van der Waals surface area contributed by atoms with E-state index in [2.05, 4.69) is 10.5 Å². The maximum absolute atomic E-state index is 13.1. The molecule has 1 aromatic carbocycles. The molecule has 0 unspecified atom stereocenters. The Bertz CT molecular complexity index is 631. The molecular weight excluding hydrogens is 295 g/mol. The largest absolute Gasteiger partial charge is 0.478 e.